The van der Waals surface area contributed by atoms with E-state index in [-0.39, 0.29) is 17.9 Å². The Hall–Kier alpha value is -4.26. The molecule has 7 heteroatoms. The van der Waals surface area contributed by atoms with Crippen molar-refractivity contribution in [2.45, 2.75) is 25.9 Å². The highest BCUT2D eigenvalue weighted by atomic mass is 16.5. The molecule has 4 aromatic rings. The van der Waals surface area contributed by atoms with Gasteiger partial charge in [0.2, 0.25) is 0 Å². The number of Topliss-reactive ketones (excluding diaryl/α,β-unsaturated/α-hetero) is 1. The third-order valence-electron chi connectivity index (χ3n) is 5.94. The lowest BCUT2D eigenvalue weighted by Gasteiger charge is -2.24. The molecule has 0 aliphatic carbocycles. The first-order valence-corrected chi connectivity index (χ1v) is 11.2. The molecule has 34 heavy (non-hydrogen) atoms. The number of aromatic amines is 1. The van der Waals surface area contributed by atoms with Gasteiger partial charge in [0, 0.05) is 28.2 Å². The summed E-state index contributed by atoms with van der Waals surface area (Å²) in [7, 11) is 0. The van der Waals surface area contributed by atoms with E-state index >= 15 is 0 Å². The van der Waals surface area contributed by atoms with Crippen LogP contribution in [0.15, 0.2) is 83.1 Å². The molecular formula is C27H24N2O5. The van der Waals surface area contributed by atoms with Crippen molar-refractivity contribution in [2.24, 2.45) is 0 Å². The van der Waals surface area contributed by atoms with E-state index < -0.39 is 17.7 Å². The van der Waals surface area contributed by atoms with Gasteiger partial charge in [-0.25, -0.2) is 0 Å². The van der Waals surface area contributed by atoms with Crippen molar-refractivity contribution in [1.82, 2.24) is 9.88 Å². The van der Waals surface area contributed by atoms with Gasteiger partial charge in [-0.15, -0.1) is 0 Å². The Morgan fingerprint density at radius 3 is 2.76 bits per heavy atom. The molecule has 1 fully saturated rings. The SMILES string of the molecule is CCCOc1cccc(/C(O)=C2\C(=O)C(=O)N(Cc3ccco3)C2c2c[nH]c3ccccc23)c1. The number of aliphatic hydroxyl groups excluding tert-OH is 1. The van der Waals surface area contributed by atoms with Crippen molar-refractivity contribution in [3.8, 4) is 5.75 Å². The third kappa shape index (κ3) is 3.75. The lowest BCUT2D eigenvalue weighted by Crippen LogP contribution is -2.29. The molecule has 0 bridgehead atoms. The number of hydrogen-bond donors (Lipinski definition) is 2. The molecule has 2 aromatic carbocycles. The predicted octanol–water partition coefficient (Wildman–Crippen LogP) is 5.17. The smallest absolute Gasteiger partial charge is 0.296 e. The van der Waals surface area contributed by atoms with Crippen LogP contribution in [0.25, 0.3) is 16.7 Å². The fraction of sp³-hybridized carbons (Fsp3) is 0.185. The number of aromatic nitrogens is 1. The van der Waals surface area contributed by atoms with Crippen LogP contribution in [0.5, 0.6) is 5.75 Å². The summed E-state index contributed by atoms with van der Waals surface area (Å²) in [5.74, 6) is -0.538. The number of furan rings is 1. The summed E-state index contributed by atoms with van der Waals surface area (Å²) < 4.78 is 11.1. The fourth-order valence-corrected chi connectivity index (χ4v) is 4.37. The van der Waals surface area contributed by atoms with Gasteiger partial charge < -0.3 is 24.1 Å². The van der Waals surface area contributed by atoms with E-state index in [1.165, 1.54) is 11.2 Å². The number of likely N-dealkylation sites (tertiary alicyclic amines) is 1. The van der Waals surface area contributed by atoms with E-state index in [0.29, 0.717) is 23.7 Å². The number of para-hydroxylation sites is 1. The van der Waals surface area contributed by atoms with E-state index in [9.17, 15) is 14.7 Å². The molecule has 7 nitrogen and oxygen atoms in total. The van der Waals surface area contributed by atoms with Crippen LogP contribution in [0.2, 0.25) is 0 Å². The molecule has 0 saturated carbocycles. The van der Waals surface area contributed by atoms with Crippen LogP contribution in [0.4, 0.5) is 0 Å². The number of benzene rings is 2. The first kappa shape index (κ1) is 21.6. The summed E-state index contributed by atoms with van der Waals surface area (Å²) in [6.45, 7) is 2.64. The molecule has 1 unspecified atom stereocenters. The maximum absolute atomic E-state index is 13.3. The van der Waals surface area contributed by atoms with Crippen molar-refractivity contribution in [1.29, 1.82) is 0 Å². The number of amides is 1. The van der Waals surface area contributed by atoms with Crippen molar-refractivity contribution in [3.05, 3.63) is 95.6 Å². The Balaban J connectivity index is 1.66. The quantitative estimate of drug-likeness (QED) is 0.227. The molecule has 0 spiro atoms. The standard InChI is InChI=1S/C27H24N2O5/c1-2-12-33-18-8-5-7-17(14-18)25(30)23-24(21-15-28-22-11-4-3-10-20(21)22)29(27(32)26(23)31)16-19-9-6-13-34-19/h3-11,13-15,24,28,30H,2,12,16H2,1H3/b25-23+. The predicted molar refractivity (Wildman–Crippen MR) is 127 cm³/mol. The number of carbonyl (C=O) groups is 2. The monoisotopic (exact) mass is 456 g/mol. The maximum Gasteiger partial charge on any atom is 0.296 e. The Morgan fingerprint density at radius 1 is 1.12 bits per heavy atom. The van der Waals surface area contributed by atoms with Gasteiger partial charge in [-0.2, -0.15) is 0 Å². The maximum atomic E-state index is 13.3. The van der Waals surface area contributed by atoms with Gasteiger partial charge in [0.15, 0.2) is 0 Å². The Kier molecular flexibility index (Phi) is 5.67. The van der Waals surface area contributed by atoms with Gasteiger partial charge in [0.25, 0.3) is 11.7 Å². The normalized spacial score (nSPS) is 17.6. The first-order valence-electron chi connectivity index (χ1n) is 11.2. The molecule has 1 atom stereocenters. The zero-order valence-corrected chi connectivity index (χ0v) is 18.7. The van der Waals surface area contributed by atoms with Crippen LogP contribution in [-0.2, 0) is 16.1 Å². The number of ether oxygens (including phenoxy) is 1. The Morgan fingerprint density at radius 2 is 1.97 bits per heavy atom. The second-order valence-electron chi connectivity index (χ2n) is 8.17. The second kappa shape index (κ2) is 8.94. The summed E-state index contributed by atoms with van der Waals surface area (Å²) in [5, 5.41) is 12.2. The third-order valence-corrected chi connectivity index (χ3v) is 5.94. The highest BCUT2D eigenvalue weighted by Crippen LogP contribution is 2.42. The fourth-order valence-electron chi connectivity index (χ4n) is 4.37. The molecule has 1 saturated heterocycles. The van der Waals surface area contributed by atoms with E-state index in [0.717, 1.165) is 22.9 Å². The van der Waals surface area contributed by atoms with Gasteiger partial charge in [-0.1, -0.05) is 37.3 Å². The van der Waals surface area contributed by atoms with Crippen LogP contribution < -0.4 is 4.74 Å². The summed E-state index contributed by atoms with van der Waals surface area (Å²) in [5.41, 5.74) is 2.04. The minimum atomic E-state index is -0.790. The van der Waals surface area contributed by atoms with Crippen molar-refractivity contribution in [3.63, 3.8) is 0 Å². The lowest BCUT2D eigenvalue weighted by atomic mass is 9.95. The van der Waals surface area contributed by atoms with Crippen molar-refractivity contribution >= 4 is 28.4 Å². The van der Waals surface area contributed by atoms with Gasteiger partial charge >= 0.3 is 0 Å². The number of rotatable bonds is 7. The molecule has 3 heterocycles. The first-order chi connectivity index (χ1) is 16.6. The van der Waals surface area contributed by atoms with E-state index in [4.69, 9.17) is 9.15 Å². The number of aliphatic hydroxyl groups is 1. The second-order valence-corrected chi connectivity index (χ2v) is 8.17. The molecule has 2 aromatic heterocycles. The minimum Gasteiger partial charge on any atom is -0.507 e. The molecule has 0 radical (unpaired) electrons. The van der Waals surface area contributed by atoms with Crippen LogP contribution in [-0.4, -0.2) is 33.3 Å². The number of nitrogens with zero attached hydrogens (tertiary/aromatic N) is 1. The number of H-pyrrole nitrogens is 1. The number of ketones is 1. The number of hydrogen-bond acceptors (Lipinski definition) is 5. The highest BCUT2D eigenvalue weighted by molar-refractivity contribution is 6.46. The van der Waals surface area contributed by atoms with E-state index in [1.54, 1.807) is 42.6 Å². The summed E-state index contributed by atoms with van der Waals surface area (Å²) in [6, 6.07) is 17.3. The zero-order valence-electron chi connectivity index (χ0n) is 18.7. The average molecular weight is 456 g/mol. The van der Waals surface area contributed by atoms with Gasteiger partial charge in [-0.3, -0.25) is 9.59 Å². The molecular weight excluding hydrogens is 432 g/mol. The highest BCUT2D eigenvalue weighted by Gasteiger charge is 2.47. The molecule has 2 N–H and O–H groups in total. The topological polar surface area (TPSA) is 95.8 Å². The minimum absolute atomic E-state index is 0.0361. The molecule has 1 aliphatic rings. The lowest BCUT2D eigenvalue weighted by molar-refractivity contribution is -0.140. The van der Waals surface area contributed by atoms with Crippen LogP contribution >= 0.6 is 0 Å². The molecule has 5 rings (SSSR count). The number of nitrogens with one attached hydrogen (secondary N) is 1. The zero-order chi connectivity index (χ0) is 23.7. The van der Waals surface area contributed by atoms with E-state index in [2.05, 4.69) is 4.98 Å². The Bertz CT molecular complexity index is 1380. The van der Waals surface area contributed by atoms with Crippen LogP contribution in [0.3, 0.4) is 0 Å². The summed E-state index contributed by atoms with van der Waals surface area (Å²) >= 11 is 0. The van der Waals surface area contributed by atoms with Crippen LogP contribution in [0.1, 0.15) is 36.3 Å². The number of carbonyl (C=O) groups excluding carboxylic acids is 2. The Labute approximate surface area is 196 Å². The average Bonchev–Trinajstić information content (AvgIpc) is 3.58. The van der Waals surface area contributed by atoms with E-state index in [1.807, 2.05) is 31.2 Å². The molecule has 172 valence electrons. The summed E-state index contributed by atoms with van der Waals surface area (Å²) in [4.78, 5) is 31.1. The number of fused-ring (bicyclic) bond motifs is 1. The largest absolute Gasteiger partial charge is 0.507 e. The van der Waals surface area contributed by atoms with Crippen molar-refractivity contribution in [2.75, 3.05) is 6.61 Å². The molecule has 1 amide bonds. The van der Waals surface area contributed by atoms with Crippen molar-refractivity contribution < 1.29 is 23.8 Å². The van der Waals surface area contributed by atoms with Gasteiger partial charge in [0.05, 0.1) is 31.0 Å². The van der Waals surface area contributed by atoms with Gasteiger partial charge in [0.1, 0.15) is 17.3 Å². The van der Waals surface area contributed by atoms with Crippen LogP contribution in [0, 0.1) is 0 Å². The van der Waals surface area contributed by atoms with Gasteiger partial charge in [-0.05, 0) is 36.8 Å². The summed E-state index contributed by atoms with van der Waals surface area (Å²) in [6.07, 6.45) is 4.15. The molecule has 1 aliphatic heterocycles.